The second-order valence-electron chi connectivity index (χ2n) is 14.0. The van der Waals surface area contributed by atoms with Crippen LogP contribution < -0.4 is 14.8 Å². The van der Waals surface area contributed by atoms with Crippen molar-refractivity contribution < 1.29 is 33.3 Å². The first kappa shape index (κ1) is 38.0. The zero-order chi connectivity index (χ0) is 37.7. The molecule has 2 aromatic carbocycles. The maximum absolute atomic E-state index is 12.8. The molecule has 1 amide bonds. The predicted octanol–water partition coefficient (Wildman–Crippen LogP) is 7.31. The topological polar surface area (TPSA) is 139 Å². The first-order chi connectivity index (χ1) is 25.4. The van der Waals surface area contributed by atoms with Gasteiger partial charge < -0.3 is 34.0 Å². The highest BCUT2D eigenvalue weighted by Crippen LogP contribution is 2.49. The number of alkyl carbamates (subject to hydrolysis) is 1. The largest absolute Gasteiger partial charge is 0.491 e. The second-order valence-corrected chi connectivity index (χ2v) is 15.3. The number of thiophene rings is 1. The number of carboxylic acids is 1. The Labute approximate surface area is 317 Å². The van der Waals surface area contributed by atoms with Gasteiger partial charge in [-0.05, 0) is 75.2 Å². The van der Waals surface area contributed by atoms with E-state index >= 15 is 0 Å². The number of aliphatic carboxylic acids is 1. The number of furan rings is 1. The smallest absolute Gasteiger partial charge is 0.407 e. The van der Waals surface area contributed by atoms with Gasteiger partial charge in [0.15, 0.2) is 0 Å². The zero-order valence-electron chi connectivity index (χ0n) is 30.5. The fourth-order valence-corrected chi connectivity index (χ4v) is 7.49. The van der Waals surface area contributed by atoms with Crippen LogP contribution in [0.4, 0.5) is 4.79 Å². The van der Waals surface area contributed by atoms with Gasteiger partial charge in [-0.25, -0.2) is 19.6 Å². The standard InChI is InChI=1S/C39H44ClN5O7S/c1-24-27(12-13-28(33(24)40)50-20-18-45-16-14-44(5)15-17-45)31-32-35(42-23-43-36(32)53-34(31)29-11-8-19-49-29)51-30(37(46)47)21-25-9-6-7-10-26(25)22-41-38(48)52-39(2,3)4/h6-13,19,23,30H,14-18,20-22H2,1-5H3,(H,41,48)(H,46,47)/t30-/m1/s1. The molecule has 0 bridgehead atoms. The first-order valence-corrected chi connectivity index (χ1v) is 18.6. The van der Waals surface area contributed by atoms with Crippen molar-refractivity contribution in [2.75, 3.05) is 46.4 Å². The molecule has 5 aromatic rings. The summed E-state index contributed by atoms with van der Waals surface area (Å²) in [5.41, 5.74) is 3.03. The number of ether oxygens (including phenoxy) is 3. The molecule has 6 rings (SSSR count). The molecule has 1 saturated heterocycles. The van der Waals surface area contributed by atoms with Gasteiger partial charge in [0, 0.05) is 51.3 Å². The van der Waals surface area contributed by atoms with Crippen LogP contribution in [0, 0.1) is 6.92 Å². The molecule has 3 aromatic heterocycles. The Morgan fingerprint density at radius 1 is 1.06 bits per heavy atom. The molecular weight excluding hydrogens is 718 g/mol. The number of fused-ring (bicyclic) bond motifs is 1. The quantitative estimate of drug-likeness (QED) is 0.125. The number of rotatable bonds is 13. The number of halogens is 1. The Hall–Kier alpha value is -4.69. The van der Waals surface area contributed by atoms with Crippen molar-refractivity contribution in [2.24, 2.45) is 0 Å². The van der Waals surface area contributed by atoms with Crippen LogP contribution in [0.15, 0.2) is 65.5 Å². The predicted molar refractivity (Wildman–Crippen MR) is 205 cm³/mol. The lowest BCUT2D eigenvalue weighted by atomic mass is 9.97. The number of aromatic nitrogens is 2. The van der Waals surface area contributed by atoms with Gasteiger partial charge in [-0.2, -0.15) is 0 Å². The maximum Gasteiger partial charge on any atom is 0.407 e. The lowest BCUT2D eigenvalue weighted by molar-refractivity contribution is -0.145. The third kappa shape index (κ3) is 9.28. The summed E-state index contributed by atoms with van der Waals surface area (Å²) in [6, 6.07) is 14.7. The fraction of sp³-hybridized carbons (Fsp3) is 0.385. The number of amides is 1. The highest BCUT2D eigenvalue weighted by molar-refractivity contribution is 7.22. The average Bonchev–Trinajstić information content (AvgIpc) is 3.79. The number of carboxylic acid groups (broad SMARTS) is 1. The average molecular weight is 762 g/mol. The van der Waals surface area contributed by atoms with Gasteiger partial charge in [0.25, 0.3) is 0 Å². The number of nitrogens with one attached hydrogen (secondary N) is 1. The number of piperazine rings is 1. The third-order valence-electron chi connectivity index (χ3n) is 8.95. The van der Waals surface area contributed by atoms with Crippen molar-refractivity contribution >= 4 is 45.2 Å². The molecule has 0 unspecified atom stereocenters. The van der Waals surface area contributed by atoms with Crippen molar-refractivity contribution in [3.8, 4) is 33.4 Å². The van der Waals surface area contributed by atoms with Gasteiger partial charge in [-0.15, -0.1) is 11.3 Å². The minimum atomic E-state index is -1.32. The summed E-state index contributed by atoms with van der Waals surface area (Å²) < 4.78 is 23.7. The Morgan fingerprint density at radius 2 is 1.81 bits per heavy atom. The SMILES string of the molecule is Cc1c(-c2c(-c3ccco3)sc3ncnc(O[C@H](Cc4ccccc4CNC(=O)OC(C)(C)C)C(=O)O)c23)ccc(OCCN2CCN(C)CC2)c1Cl. The minimum absolute atomic E-state index is 0.00251. The normalized spacial score (nSPS) is 14.6. The van der Waals surface area contributed by atoms with E-state index in [1.807, 2.05) is 49.4 Å². The highest BCUT2D eigenvalue weighted by atomic mass is 35.5. The van der Waals surface area contributed by atoms with E-state index in [4.69, 9.17) is 30.2 Å². The van der Waals surface area contributed by atoms with E-state index in [0.29, 0.717) is 44.5 Å². The molecule has 1 aliphatic rings. The van der Waals surface area contributed by atoms with Gasteiger partial charge in [0.2, 0.25) is 12.0 Å². The summed E-state index contributed by atoms with van der Waals surface area (Å²) in [6.45, 7) is 12.8. The van der Waals surface area contributed by atoms with Crippen LogP contribution in [-0.4, -0.2) is 95.0 Å². The molecule has 1 atom stereocenters. The van der Waals surface area contributed by atoms with E-state index in [1.54, 1.807) is 33.1 Å². The molecular formula is C39H44ClN5O7S. The van der Waals surface area contributed by atoms with E-state index in [2.05, 4.69) is 32.1 Å². The van der Waals surface area contributed by atoms with Crippen LogP contribution in [0.3, 0.4) is 0 Å². The van der Waals surface area contributed by atoms with Gasteiger partial charge in [-0.1, -0.05) is 41.9 Å². The van der Waals surface area contributed by atoms with Crippen molar-refractivity contribution in [2.45, 2.75) is 52.4 Å². The minimum Gasteiger partial charge on any atom is -0.491 e. The number of hydrogen-bond acceptors (Lipinski definition) is 11. The molecule has 0 aliphatic carbocycles. The highest BCUT2D eigenvalue weighted by Gasteiger charge is 2.29. The molecule has 12 nitrogen and oxygen atoms in total. The number of benzene rings is 2. The van der Waals surface area contributed by atoms with Crippen molar-refractivity contribution in [1.82, 2.24) is 25.1 Å². The number of carbonyl (C=O) groups is 2. The van der Waals surface area contributed by atoms with E-state index in [0.717, 1.165) is 54.3 Å². The summed E-state index contributed by atoms with van der Waals surface area (Å²) in [5, 5.41) is 14.2. The van der Waals surface area contributed by atoms with Crippen molar-refractivity contribution in [3.05, 3.63) is 82.8 Å². The Morgan fingerprint density at radius 3 is 2.51 bits per heavy atom. The molecule has 0 spiro atoms. The van der Waals surface area contributed by atoms with Crippen molar-refractivity contribution in [3.63, 3.8) is 0 Å². The van der Waals surface area contributed by atoms with E-state index in [1.165, 1.54) is 17.7 Å². The Kier molecular flexibility index (Phi) is 11.9. The van der Waals surface area contributed by atoms with Gasteiger partial charge in [-0.3, -0.25) is 4.90 Å². The molecule has 14 heteroatoms. The van der Waals surface area contributed by atoms with Crippen molar-refractivity contribution in [1.29, 1.82) is 0 Å². The summed E-state index contributed by atoms with van der Waals surface area (Å²) >= 11 is 8.38. The summed E-state index contributed by atoms with van der Waals surface area (Å²) in [6.07, 6.45) is 1.07. The second kappa shape index (κ2) is 16.5. The van der Waals surface area contributed by atoms with Crippen LogP contribution in [0.2, 0.25) is 5.02 Å². The first-order valence-electron chi connectivity index (χ1n) is 17.5. The molecule has 0 radical (unpaired) electrons. The number of likely N-dealkylation sites (N-methyl/N-ethyl adjacent to an activating group) is 1. The van der Waals surface area contributed by atoms with Gasteiger partial charge in [0.05, 0.1) is 21.5 Å². The lowest BCUT2D eigenvalue weighted by Gasteiger charge is -2.32. The van der Waals surface area contributed by atoms with Gasteiger partial charge >= 0.3 is 12.1 Å². The van der Waals surface area contributed by atoms with E-state index < -0.39 is 23.8 Å². The molecule has 53 heavy (non-hydrogen) atoms. The van der Waals surface area contributed by atoms with Crippen LogP contribution in [0.1, 0.15) is 37.5 Å². The summed E-state index contributed by atoms with van der Waals surface area (Å²) in [4.78, 5) is 40.2. The molecule has 280 valence electrons. The van der Waals surface area contributed by atoms with Crippen LogP contribution in [-0.2, 0) is 22.5 Å². The molecule has 4 heterocycles. The fourth-order valence-electron chi connectivity index (χ4n) is 6.16. The van der Waals surface area contributed by atoms with E-state index in [9.17, 15) is 14.7 Å². The summed E-state index contributed by atoms with van der Waals surface area (Å²) in [5.74, 6) is 0.128. The maximum atomic E-state index is 12.8. The van der Waals surface area contributed by atoms with Crippen LogP contribution in [0.5, 0.6) is 11.6 Å². The summed E-state index contributed by atoms with van der Waals surface area (Å²) in [7, 11) is 2.13. The molecule has 1 aliphatic heterocycles. The lowest BCUT2D eigenvalue weighted by Crippen LogP contribution is -2.45. The van der Waals surface area contributed by atoms with Crippen LogP contribution in [0.25, 0.3) is 32.0 Å². The Bertz CT molecular complexity index is 2060. The monoisotopic (exact) mass is 761 g/mol. The van der Waals surface area contributed by atoms with Crippen LogP contribution >= 0.6 is 22.9 Å². The zero-order valence-corrected chi connectivity index (χ0v) is 32.1. The number of carbonyl (C=O) groups excluding carboxylic acids is 1. The molecule has 1 fully saturated rings. The molecule has 2 N–H and O–H groups in total. The van der Waals surface area contributed by atoms with Gasteiger partial charge in [0.1, 0.15) is 34.9 Å². The third-order valence-corrected chi connectivity index (χ3v) is 10.5. The Balaban J connectivity index is 1.30. The number of nitrogens with zero attached hydrogens (tertiary/aromatic N) is 4. The van der Waals surface area contributed by atoms with E-state index in [-0.39, 0.29) is 18.8 Å². The molecule has 0 saturated carbocycles. The number of hydrogen-bond donors (Lipinski definition) is 2.